The Morgan fingerprint density at radius 2 is 2.00 bits per heavy atom. The summed E-state index contributed by atoms with van der Waals surface area (Å²) in [6.07, 6.45) is 2.63. The maximum atomic E-state index is 12.3. The molecule has 0 bridgehead atoms. The standard InChI is InChI=1S/C15H16N2O3/c1-20-15(8-5-9-15)14-16-12(18)11(13(19)17-14)10-6-3-2-4-7-10/h2-4,6-7H,5,8-9H2,1H3,(H2,16,17,18,19). The monoisotopic (exact) mass is 272 g/mol. The molecule has 0 aliphatic heterocycles. The molecule has 1 fully saturated rings. The minimum Gasteiger partial charge on any atom is -0.493 e. The molecule has 1 aromatic heterocycles. The zero-order valence-electron chi connectivity index (χ0n) is 11.2. The third-order valence-corrected chi connectivity index (χ3v) is 3.95. The number of aromatic hydroxyl groups is 1. The third-order valence-electron chi connectivity index (χ3n) is 3.95. The smallest absolute Gasteiger partial charge is 0.262 e. The zero-order valence-corrected chi connectivity index (χ0v) is 11.2. The number of hydrogen-bond donors (Lipinski definition) is 2. The molecule has 0 atom stereocenters. The molecule has 1 aliphatic carbocycles. The Hall–Kier alpha value is -2.14. The number of H-pyrrole nitrogens is 1. The summed E-state index contributed by atoms with van der Waals surface area (Å²) in [7, 11) is 1.60. The second kappa shape index (κ2) is 4.76. The summed E-state index contributed by atoms with van der Waals surface area (Å²) in [5.74, 6) is 0.159. The van der Waals surface area contributed by atoms with Gasteiger partial charge in [0.15, 0.2) is 0 Å². The van der Waals surface area contributed by atoms with Crippen LogP contribution in [0.3, 0.4) is 0 Å². The van der Waals surface area contributed by atoms with E-state index in [0.717, 1.165) is 19.3 Å². The van der Waals surface area contributed by atoms with Gasteiger partial charge < -0.3 is 14.8 Å². The van der Waals surface area contributed by atoms with E-state index in [1.54, 1.807) is 19.2 Å². The van der Waals surface area contributed by atoms with Crippen molar-refractivity contribution in [1.82, 2.24) is 9.97 Å². The van der Waals surface area contributed by atoms with Crippen LogP contribution in [0.2, 0.25) is 0 Å². The highest BCUT2D eigenvalue weighted by Crippen LogP contribution is 2.43. The molecule has 0 amide bonds. The van der Waals surface area contributed by atoms with Crippen molar-refractivity contribution >= 4 is 0 Å². The van der Waals surface area contributed by atoms with E-state index in [4.69, 9.17) is 4.74 Å². The molecule has 1 saturated carbocycles. The first-order chi connectivity index (χ1) is 9.66. The van der Waals surface area contributed by atoms with Gasteiger partial charge in [-0.3, -0.25) is 4.79 Å². The number of methoxy groups -OCH3 is 1. The van der Waals surface area contributed by atoms with Crippen LogP contribution in [0.5, 0.6) is 5.88 Å². The first-order valence-electron chi connectivity index (χ1n) is 6.61. The second-order valence-electron chi connectivity index (χ2n) is 5.03. The van der Waals surface area contributed by atoms with Crippen LogP contribution < -0.4 is 5.56 Å². The molecule has 2 N–H and O–H groups in total. The largest absolute Gasteiger partial charge is 0.493 e. The molecule has 1 heterocycles. The summed E-state index contributed by atoms with van der Waals surface area (Å²) in [6, 6.07) is 9.00. The SMILES string of the molecule is COC1(c2nc(O)c(-c3ccccc3)c(=O)[nH]2)CCC1. The maximum absolute atomic E-state index is 12.3. The molecule has 0 radical (unpaired) electrons. The van der Waals surface area contributed by atoms with Crippen molar-refractivity contribution in [3.63, 3.8) is 0 Å². The lowest BCUT2D eigenvalue weighted by Crippen LogP contribution is -2.39. The van der Waals surface area contributed by atoms with E-state index < -0.39 is 5.60 Å². The Morgan fingerprint density at radius 1 is 1.30 bits per heavy atom. The number of nitrogens with zero attached hydrogens (tertiary/aromatic N) is 1. The molecule has 0 spiro atoms. The summed E-state index contributed by atoms with van der Waals surface area (Å²) < 4.78 is 5.47. The van der Waals surface area contributed by atoms with Gasteiger partial charge in [-0.05, 0) is 24.8 Å². The third kappa shape index (κ3) is 1.91. The Morgan fingerprint density at radius 3 is 2.50 bits per heavy atom. The van der Waals surface area contributed by atoms with Crippen molar-refractivity contribution in [1.29, 1.82) is 0 Å². The quantitative estimate of drug-likeness (QED) is 0.898. The van der Waals surface area contributed by atoms with Gasteiger partial charge in [0.25, 0.3) is 5.56 Å². The number of ether oxygens (including phenoxy) is 1. The lowest BCUT2D eigenvalue weighted by atomic mass is 9.79. The van der Waals surface area contributed by atoms with Crippen molar-refractivity contribution in [2.45, 2.75) is 24.9 Å². The number of nitrogens with one attached hydrogen (secondary N) is 1. The fourth-order valence-corrected chi connectivity index (χ4v) is 2.58. The topological polar surface area (TPSA) is 75.2 Å². The van der Waals surface area contributed by atoms with Crippen LogP contribution in [0.4, 0.5) is 0 Å². The Kier molecular flexibility index (Phi) is 3.06. The van der Waals surface area contributed by atoms with Crippen LogP contribution in [-0.2, 0) is 10.3 Å². The van der Waals surface area contributed by atoms with Crippen LogP contribution in [0.25, 0.3) is 11.1 Å². The Balaban J connectivity index is 2.11. The molecular weight excluding hydrogens is 256 g/mol. The highest BCUT2D eigenvalue weighted by molar-refractivity contribution is 5.67. The van der Waals surface area contributed by atoms with E-state index >= 15 is 0 Å². The molecule has 0 unspecified atom stereocenters. The van der Waals surface area contributed by atoms with Gasteiger partial charge in [0.2, 0.25) is 5.88 Å². The van der Waals surface area contributed by atoms with Crippen molar-refractivity contribution in [2.75, 3.05) is 7.11 Å². The van der Waals surface area contributed by atoms with Crippen LogP contribution in [-0.4, -0.2) is 22.2 Å². The van der Waals surface area contributed by atoms with Gasteiger partial charge in [-0.15, -0.1) is 0 Å². The van der Waals surface area contributed by atoms with Gasteiger partial charge in [-0.2, -0.15) is 4.98 Å². The molecule has 3 rings (SSSR count). The highest BCUT2D eigenvalue weighted by Gasteiger charge is 2.42. The van der Waals surface area contributed by atoms with E-state index in [1.807, 2.05) is 18.2 Å². The van der Waals surface area contributed by atoms with E-state index in [0.29, 0.717) is 11.4 Å². The second-order valence-corrected chi connectivity index (χ2v) is 5.03. The lowest BCUT2D eigenvalue weighted by Gasteiger charge is -2.39. The minimum absolute atomic E-state index is 0.194. The normalized spacial score (nSPS) is 16.6. The van der Waals surface area contributed by atoms with Gasteiger partial charge in [0.1, 0.15) is 17.0 Å². The predicted molar refractivity (Wildman–Crippen MR) is 74.5 cm³/mol. The number of rotatable bonds is 3. The van der Waals surface area contributed by atoms with Crippen LogP contribution in [0, 0.1) is 0 Å². The number of aromatic nitrogens is 2. The average molecular weight is 272 g/mol. The Labute approximate surface area is 116 Å². The van der Waals surface area contributed by atoms with Gasteiger partial charge in [-0.1, -0.05) is 30.3 Å². The van der Waals surface area contributed by atoms with Crippen molar-refractivity contribution in [3.05, 3.63) is 46.5 Å². The van der Waals surface area contributed by atoms with Gasteiger partial charge >= 0.3 is 0 Å². The number of benzene rings is 1. The molecule has 1 aliphatic rings. The summed E-state index contributed by atoms with van der Waals surface area (Å²) in [6.45, 7) is 0. The number of hydrogen-bond acceptors (Lipinski definition) is 4. The molecular formula is C15H16N2O3. The fraction of sp³-hybridized carbons (Fsp3) is 0.333. The van der Waals surface area contributed by atoms with Crippen molar-refractivity contribution in [3.8, 4) is 17.0 Å². The van der Waals surface area contributed by atoms with Gasteiger partial charge in [-0.25, -0.2) is 0 Å². The zero-order chi connectivity index (χ0) is 14.2. The van der Waals surface area contributed by atoms with Crippen LogP contribution >= 0.6 is 0 Å². The first-order valence-corrected chi connectivity index (χ1v) is 6.61. The van der Waals surface area contributed by atoms with Crippen LogP contribution in [0.1, 0.15) is 25.1 Å². The Bertz CT molecular complexity index is 670. The van der Waals surface area contributed by atoms with Crippen molar-refractivity contribution < 1.29 is 9.84 Å². The fourth-order valence-electron chi connectivity index (χ4n) is 2.58. The predicted octanol–water partition coefficient (Wildman–Crippen LogP) is 2.17. The molecule has 104 valence electrons. The maximum Gasteiger partial charge on any atom is 0.262 e. The highest BCUT2D eigenvalue weighted by atomic mass is 16.5. The summed E-state index contributed by atoms with van der Waals surface area (Å²) in [5, 5.41) is 10.1. The molecule has 2 aromatic rings. The molecule has 0 saturated heterocycles. The van der Waals surface area contributed by atoms with E-state index in [2.05, 4.69) is 9.97 Å². The number of aromatic amines is 1. The van der Waals surface area contributed by atoms with Gasteiger partial charge in [0.05, 0.1) is 0 Å². The molecule has 5 nitrogen and oxygen atoms in total. The first kappa shape index (κ1) is 12.9. The molecule has 5 heteroatoms. The van der Waals surface area contributed by atoms with Gasteiger partial charge in [0, 0.05) is 7.11 Å². The van der Waals surface area contributed by atoms with E-state index in [-0.39, 0.29) is 17.0 Å². The van der Waals surface area contributed by atoms with Crippen LogP contribution in [0.15, 0.2) is 35.1 Å². The van der Waals surface area contributed by atoms with E-state index in [1.165, 1.54) is 0 Å². The molecule has 1 aromatic carbocycles. The summed E-state index contributed by atoms with van der Waals surface area (Å²) in [5.41, 5.74) is -0.0568. The summed E-state index contributed by atoms with van der Waals surface area (Å²) in [4.78, 5) is 19.2. The average Bonchev–Trinajstić information content (AvgIpc) is 2.38. The van der Waals surface area contributed by atoms with E-state index in [9.17, 15) is 9.90 Å². The summed E-state index contributed by atoms with van der Waals surface area (Å²) >= 11 is 0. The minimum atomic E-state index is -0.550. The lowest BCUT2D eigenvalue weighted by molar-refractivity contribution is -0.0850. The molecule has 20 heavy (non-hydrogen) atoms. The van der Waals surface area contributed by atoms with Crippen molar-refractivity contribution in [2.24, 2.45) is 0 Å².